The van der Waals surface area contributed by atoms with Crippen molar-refractivity contribution in [3.05, 3.63) is 45.2 Å². The number of hydrogen-bond donors (Lipinski definition) is 1. The van der Waals surface area contributed by atoms with Crippen LogP contribution in [0, 0.1) is 0 Å². The first kappa shape index (κ1) is 9.68. The van der Waals surface area contributed by atoms with E-state index in [0.29, 0.717) is 0 Å². The Morgan fingerprint density at radius 2 is 2.29 bits per heavy atom. The molecule has 0 fully saturated rings. The van der Waals surface area contributed by atoms with Gasteiger partial charge in [0, 0.05) is 17.2 Å². The Morgan fingerprint density at radius 1 is 1.36 bits per heavy atom. The Labute approximate surface area is 95.1 Å². The van der Waals surface area contributed by atoms with E-state index < -0.39 is 0 Å². The molecule has 0 atom stereocenters. The molecule has 0 bridgehead atoms. The summed E-state index contributed by atoms with van der Waals surface area (Å²) in [6.07, 6.45) is 1.79. The smallest absolute Gasteiger partial charge is 0.126 e. The zero-order valence-electron chi connectivity index (χ0n) is 7.40. The third-order valence-corrected chi connectivity index (χ3v) is 2.98. The van der Waals surface area contributed by atoms with E-state index in [1.54, 1.807) is 17.5 Å². The van der Waals surface area contributed by atoms with E-state index in [4.69, 9.17) is 0 Å². The molecule has 0 saturated heterocycles. The maximum atomic E-state index is 4.22. The minimum absolute atomic E-state index is 0.831. The second-order valence-electron chi connectivity index (χ2n) is 2.85. The number of anilines is 1. The van der Waals surface area contributed by atoms with Gasteiger partial charge in [0.1, 0.15) is 5.82 Å². The minimum Gasteiger partial charge on any atom is -0.366 e. The van der Waals surface area contributed by atoms with Crippen molar-refractivity contribution in [1.82, 2.24) is 4.98 Å². The second kappa shape index (κ2) is 4.57. The lowest BCUT2D eigenvalue weighted by Gasteiger charge is -2.03. The molecule has 2 aromatic heterocycles. The molecule has 0 aliphatic carbocycles. The molecule has 0 aliphatic rings. The van der Waals surface area contributed by atoms with Crippen LogP contribution >= 0.6 is 27.3 Å². The molecule has 0 saturated carbocycles. The summed E-state index contributed by atoms with van der Waals surface area (Å²) in [5, 5.41) is 7.46. The van der Waals surface area contributed by atoms with Crippen molar-refractivity contribution in [3.63, 3.8) is 0 Å². The summed E-state index contributed by atoms with van der Waals surface area (Å²) in [7, 11) is 0. The maximum Gasteiger partial charge on any atom is 0.126 e. The summed E-state index contributed by atoms with van der Waals surface area (Å²) in [5.74, 6) is 0.902. The van der Waals surface area contributed by atoms with Crippen LogP contribution in [0.4, 0.5) is 5.82 Å². The average molecular weight is 269 g/mol. The molecule has 14 heavy (non-hydrogen) atoms. The molecule has 0 aromatic carbocycles. The number of aromatic nitrogens is 1. The third kappa shape index (κ3) is 2.56. The molecule has 0 unspecified atom stereocenters. The van der Waals surface area contributed by atoms with E-state index in [0.717, 1.165) is 16.8 Å². The normalized spacial score (nSPS) is 10.1. The molecular weight excluding hydrogens is 260 g/mol. The Hall–Kier alpha value is -0.870. The minimum atomic E-state index is 0.831. The lowest BCUT2D eigenvalue weighted by molar-refractivity contribution is 1.12. The fourth-order valence-corrected chi connectivity index (χ4v) is 1.97. The summed E-state index contributed by atoms with van der Waals surface area (Å²) in [6, 6.07) is 6.04. The zero-order valence-corrected chi connectivity index (χ0v) is 9.81. The quantitative estimate of drug-likeness (QED) is 0.922. The van der Waals surface area contributed by atoms with Gasteiger partial charge in [0.25, 0.3) is 0 Å². The van der Waals surface area contributed by atoms with Gasteiger partial charge >= 0.3 is 0 Å². The second-order valence-corrected chi connectivity index (χ2v) is 4.54. The summed E-state index contributed by atoms with van der Waals surface area (Å²) in [4.78, 5) is 4.22. The van der Waals surface area contributed by atoms with Gasteiger partial charge in [-0.15, -0.1) is 0 Å². The Bertz CT molecular complexity index is 383. The monoisotopic (exact) mass is 268 g/mol. The molecule has 2 aromatic rings. The predicted octanol–water partition coefficient (Wildman–Crippen LogP) is 3.52. The molecule has 4 heteroatoms. The van der Waals surface area contributed by atoms with E-state index in [1.807, 2.05) is 12.1 Å². The number of pyridine rings is 1. The van der Waals surface area contributed by atoms with Gasteiger partial charge in [-0.2, -0.15) is 11.3 Å². The van der Waals surface area contributed by atoms with Crippen molar-refractivity contribution >= 4 is 33.1 Å². The summed E-state index contributed by atoms with van der Waals surface area (Å²) >= 11 is 5.06. The topological polar surface area (TPSA) is 24.9 Å². The van der Waals surface area contributed by atoms with Crippen LogP contribution in [-0.2, 0) is 6.54 Å². The van der Waals surface area contributed by atoms with E-state index >= 15 is 0 Å². The van der Waals surface area contributed by atoms with Gasteiger partial charge in [-0.1, -0.05) is 0 Å². The molecule has 1 N–H and O–H groups in total. The predicted molar refractivity (Wildman–Crippen MR) is 63.6 cm³/mol. The van der Waals surface area contributed by atoms with E-state index in [1.165, 1.54) is 5.56 Å². The highest BCUT2D eigenvalue weighted by Gasteiger charge is 1.94. The van der Waals surface area contributed by atoms with Gasteiger partial charge in [0.15, 0.2) is 0 Å². The fourth-order valence-electron chi connectivity index (χ4n) is 1.07. The number of rotatable bonds is 3. The van der Waals surface area contributed by atoms with Crippen LogP contribution in [0.2, 0.25) is 0 Å². The van der Waals surface area contributed by atoms with Gasteiger partial charge in [0.05, 0.1) is 0 Å². The SMILES string of the molecule is Brc1ccc(NCc2ccsc2)nc1. The van der Waals surface area contributed by atoms with Crippen molar-refractivity contribution in [3.8, 4) is 0 Å². The van der Waals surface area contributed by atoms with Crippen molar-refractivity contribution < 1.29 is 0 Å². The largest absolute Gasteiger partial charge is 0.366 e. The number of thiophene rings is 1. The average Bonchev–Trinajstić information content (AvgIpc) is 2.70. The number of nitrogens with zero attached hydrogens (tertiary/aromatic N) is 1. The first-order chi connectivity index (χ1) is 6.84. The Kier molecular flexibility index (Phi) is 3.16. The van der Waals surface area contributed by atoms with E-state index in [-0.39, 0.29) is 0 Å². The molecule has 2 rings (SSSR count). The molecule has 0 amide bonds. The van der Waals surface area contributed by atoms with Crippen LogP contribution in [0.3, 0.4) is 0 Å². The Balaban J connectivity index is 1.95. The highest BCUT2D eigenvalue weighted by atomic mass is 79.9. The van der Waals surface area contributed by atoms with Crippen molar-refractivity contribution in [2.45, 2.75) is 6.54 Å². The van der Waals surface area contributed by atoms with Gasteiger partial charge in [-0.25, -0.2) is 4.98 Å². The number of hydrogen-bond acceptors (Lipinski definition) is 3. The first-order valence-electron chi connectivity index (χ1n) is 4.21. The number of halogens is 1. The summed E-state index contributed by atoms with van der Waals surface area (Å²) in [5.41, 5.74) is 1.29. The van der Waals surface area contributed by atoms with Crippen LogP contribution in [0.1, 0.15) is 5.56 Å². The van der Waals surface area contributed by atoms with Crippen molar-refractivity contribution in [2.75, 3.05) is 5.32 Å². The van der Waals surface area contributed by atoms with E-state index in [9.17, 15) is 0 Å². The van der Waals surface area contributed by atoms with Crippen LogP contribution in [0.5, 0.6) is 0 Å². The standard InChI is InChI=1S/C10H9BrN2S/c11-9-1-2-10(13-6-9)12-5-8-3-4-14-7-8/h1-4,6-7H,5H2,(H,12,13). The van der Waals surface area contributed by atoms with Crippen LogP contribution < -0.4 is 5.32 Å². The Morgan fingerprint density at radius 3 is 2.93 bits per heavy atom. The lowest BCUT2D eigenvalue weighted by Crippen LogP contribution is -1.99. The van der Waals surface area contributed by atoms with Crippen molar-refractivity contribution in [1.29, 1.82) is 0 Å². The molecule has 0 spiro atoms. The summed E-state index contributed by atoms with van der Waals surface area (Å²) in [6.45, 7) is 0.831. The highest BCUT2D eigenvalue weighted by molar-refractivity contribution is 9.10. The van der Waals surface area contributed by atoms with E-state index in [2.05, 4.69) is 43.1 Å². The van der Waals surface area contributed by atoms with Gasteiger partial charge in [-0.05, 0) is 50.5 Å². The third-order valence-electron chi connectivity index (χ3n) is 1.78. The van der Waals surface area contributed by atoms with Crippen LogP contribution in [0.15, 0.2) is 39.6 Å². The number of nitrogens with one attached hydrogen (secondary N) is 1. The molecule has 2 nitrogen and oxygen atoms in total. The van der Waals surface area contributed by atoms with Crippen LogP contribution in [-0.4, -0.2) is 4.98 Å². The molecule has 2 heterocycles. The van der Waals surface area contributed by atoms with Crippen molar-refractivity contribution in [2.24, 2.45) is 0 Å². The fraction of sp³-hybridized carbons (Fsp3) is 0.100. The highest BCUT2D eigenvalue weighted by Crippen LogP contribution is 2.12. The lowest BCUT2D eigenvalue weighted by atomic mass is 10.3. The maximum absolute atomic E-state index is 4.22. The zero-order chi connectivity index (χ0) is 9.80. The molecule has 0 aliphatic heterocycles. The molecular formula is C10H9BrN2S. The van der Waals surface area contributed by atoms with Gasteiger partial charge < -0.3 is 5.32 Å². The molecule has 0 radical (unpaired) electrons. The van der Waals surface area contributed by atoms with Crippen LogP contribution in [0.25, 0.3) is 0 Å². The van der Waals surface area contributed by atoms with Gasteiger partial charge in [-0.3, -0.25) is 0 Å². The molecule has 72 valence electrons. The first-order valence-corrected chi connectivity index (χ1v) is 5.95. The van der Waals surface area contributed by atoms with Gasteiger partial charge in [0.2, 0.25) is 0 Å². The summed E-state index contributed by atoms with van der Waals surface area (Å²) < 4.78 is 0.999.